The molecule has 2 aliphatic heterocycles. The molecular weight excluding hydrogens is 479 g/mol. The van der Waals surface area contributed by atoms with Crippen molar-refractivity contribution in [2.75, 3.05) is 13.1 Å². The molecule has 4 rings (SSSR count). The normalized spacial score (nSPS) is 20.1. The molecule has 2 aliphatic rings. The fraction of sp³-hybridized carbons (Fsp3) is 0.250. The van der Waals surface area contributed by atoms with Crippen LogP contribution in [0.1, 0.15) is 24.0 Å². The van der Waals surface area contributed by atoms with E-state index < -0.39 is 24.0 Å². The Balaban J connectivity index is 1.18. The molecule has 2 heterocycles. The number of ether oxygens (including phenoxy) is 2. The van der Waals surface area contributed by atoms with Gasteiger partial charge in [-0.15, -0.1) is 0 Å². The lowest BCUT2D eigenvalue weighted by Crippen LogP contribution is -2.16. The number of esters is 2. The van der Waals surface area contributed by atoms with Crippen molar-refractivity contribution in [3.05, 3.63) is 69.7 Å². The van der Waals surface area contributed by atoms with Crippen LogP contribution >= 0.6 is 23.2 Å². The quantitative estimate of drug-likeness (QED) is 0.296. The number of hydrogen-bond donors (Lipinski definition) is 0. The van der Waals surface area contributed by atoms with Crippen molar-refractivity contribution in [1.82, 2.24) is 0 Å². The van der Waals surface area contributed by atoms with Crippen molar-refractivity contribution < 1.29 is 19.1 Å². The summed E-state index contributed by atoms with van der Waals surface area (Å²) in [5.74, 6) is -0.389. The van der Waals surface area contributed by atoms with Crippen LogP contribution in [0.25, 0.3) is 0 Å². The van der Waals surface area contributed by atoms with E-state index >= 15 is 0 Å². The maximum absolute atomic E-state index is 12.0. The molecule has 0 saturated heterocycles. The highest BCUT2D eigenvalue weighted by molar-refractivity contribution is 6.31. The second-order valence-electron chi connectivity index (χ2n) is 7.43. The zero-order valence-electron chi connectivity index (χ0n) is 17.9. The van der Waals surface area contributed by atoms with Crippen molar-refractivity contribution in [3.8, 4) is 0 Å². The van der Waals surface area contributed by atoms with Gasteiger partial charge in [0, 0.05) is 46.7 Å². The van der Waals surface area contributed by atoms with Gasteiger partial charge in [0.15, 0.2) is 12.1 Å². The molecule has 8 nitrogen and oxygen atoms in total. The Morgan fingerprint density at radius 2 is 1.09 bits per heavy atom. The van der Waals surface area contributed by atoms with Crippen LogP contribution in [-0.4, -0.2) is 61.3 Å². The molecule has 2 unspecified atom stereocenters. The molecule has 0 N–H and O–H groups in total. The van der Waals surface area contributed by atoms with E-state index in [0.29, 0.717) is 34.3 Å². The summed E-state index contributed by atoms with van der Waals surface area (Å²) in [6.45, 7) is 1.05. The van der Waals surface area contributed by atoms with E-state index in [1.165, 1.54) is 12.4 Å². The van der Waals surface area contributed by atoms with Crippen LogP contribution in [-0.2, 0) is 19.1 Å². The Hall–Kier alpha value is -3.36. The summed E-state index contributed by atoms with van der Waals surface area (Å²) in [6.07, 6.45) is 4.52. The molecule has 0 aliphatic carbocycles. The number of benzene rings is 2. The van der Waals surface area contributed by atoms with Gasteiger partial charge in [0.1, 0.15) is 0 Å². The zero-order valence-corrected chi connectivity index (χ0v) is 19.4. The Kier molecular flexibility index (Phi) is 7.82. The molecular formula is C24H20Cl2N4O4. The summed E-state index contributed by atoms with van der Waals surface area (Å²) >= 11 is 11.7. The monoisotopic (exact) mass is 498 g/mol. The SMILES string of the molecule is O=C1OC(c2ccc(Cl)cc2)=NC1C=NCCCCN=CC1N=C(c2ccc(Cl)cc2)OC1=O. The van der Waals surface area contributed by atoms with E-state index in [-0.39, 0.29) is 11.8 Å². The Morgan fingerprint density at radius 1 is 0.706 bits per heavy atom. The third kappa shape index (κ3) is 6.15. The molecule has 2 aromatic rings. The maximum atomic E-state index is 12.0. The minimum atomic E-state index is -0.746. The van der Waals surface area contributed by atoms with E-state index in [1.807, 2.05) is 0 Å². The minimum absolute atomic E-state index is 0.264. The van der Waals surface area contributed by atoms with Gasteiger partial charge in [-0.05, 0) is 61.4 Å². The standard InChI is InChI=1S/C24H20Cl2N4O4/c25-17-7-3-15(4-8-17)21-29-19(23(31)33-21)13-27-11-1-2-12-28-14-20-24(32)34-22(30-20)16-5-9-18(26)10-6-16/h3-10,13-14,19-20H,1-2,11-12H2. The van der Waals surface area contributed by atoms with Gasteiger partial charge in [0.25, 0.3) is 0 Å². The number of carbonyl (C=O) groups excluding carboxylic acids is 2. The first kappa shape index (κ1) is 23.8. The number of carbonyl (C=O) groups is 2. The van der Waals surface area contributed by atoms with Gasteiger partial charge in [-0.2, -0.15) is 0 Å². The highest BCUT2D eigenvalue weighted by Crippen LogP contribution is 2.17. The van der Waals surface area contributed by atoms with Crippen molar-refractivity contribution >= 4 is 59.4 Å². The lowest BCUT2D eigenvalue weighted by Gasteiger charge is -1.99. The third-order valence-electron chi connectivity index (χ3n) is 4.89. The summed E-state index contributed by atoms with van der Waals surface area (Å²) in [7, 11) is 0. The summed E-state index contributed by atoms with van der Waals surface area (Å²) in [5, 5.41) is 1.18. The molecule has 10 heteroatoms. The first-order chi connectivity index (χ1) is 16.5. The zero-order chi connectivity index (χ0) is 23.9. The molecule has 2 atom stereocenters. The number of hydrogen-bond acceptors (Lipinski definition) is 8. The largest absolute Gasteiger partial charge is 0.405 e. The van der Waals surface area contributed by atoms with E-state index in [1.54, 1.807) is 48.5 Å². The molecule has 0 radical (unpaired) electrons. The van der Waals surface area contributed by atoms with E-state index in [0.717, 1.165) is 12.8 Å². The fourth-order valence-electron chi connectivity index (χ4n) is 3.12. The van der Waals surface area contributed by atoms with Crippen molar-refractivity contribution in [2.45, 2.75) is 24.9 Å². The molecule has 0 spiro atoms. The van der Waals surface area contributed by atoms with Crippen LogP contribution < -0.4 is 0 Å². The lowest BCUT2D eigenvalue weighted by molar-refractivity contribution is -0.134. The molecule has 2 aromatic carbocycles. The van der Waals surface area contributed by atoms with Gasteiger partial charge in [-0.3, -0.25) is 9.98 Å². The minimum Gasteiger partial charge on any atom is -0.405 e. The summed E-state index contributed by atoms with van der Waals surface area (Å²) < 4.78 is 10.4. The molecule has 34 heavy (non-hydrogen) atoms. The highest BCUT2D eigenvalue weighted by Gasteiger charge is 2.29. The van der Waals surface area contributed by atoms with Crippen LogP contribution in [0.5, 0.6) is 0 Å². The highest BCUT2D eigenvalue weighted by atomic mass is 35.5. The molecule has 0 aromatic heterocycles. The van der Waals surface area contributed by atoms with Gasteiger partial charge in [-0.1, -0.05) is 23.2 Å². The average molecular weight is 499 g/mol. The van der Waals surface area contributed by atoms with Crippen LogP contribution in [0.15, 0.2) is 68.5 Å². The van der Waals surface area contributed by atoms with Gasteiger partial charge in [-0.25, -0.2) is 19.6 Å². The van der Waals surface area contributed by atoms with E-state index in [2.05, 4.69) is 20.0 Å². The van der Waals surface area contributed by atoms with Crippen LogP contribution in [0.4, 0.5) is 0 Å². The van der Waals surface area contributed by atoms with Crippen LogP contribution in [0.3, 0.4) is 0 Å². The summed E-state index contributed by atoms with van der Waals surface area (Å²) in [5.41, 5.74) is 1.37. The van der Waals surface area contributed by atoms with Crippen LogP contribution in [0, 0.1) is 0 Å². The topological polar surface area (TPSA) is 102 Å². The number of rotatable bonds is 9. The number of halogens is 2. The van der Waals surface area contributed by atoms with Crippen molar-refractivity contribution in [1.29, 1.82) is 0 Å². The fourth-order valence-corrected chi connectivity index (χ4v) is 3.37. The van der Waals surface area contributed by atoms with Gasteiger partial charge in [0.05, 0.1) is 0 Å². The molecule has 0 amide bonds. The van der Waals surface area contributed by atoms with Gasteiger partial charge >= 0.3 is 11.9 Å². The predicted molar refractivity (Wildman–Crippen MR) is 132 cm³/mol. The number of unbranched alkanes of at least 4 members (excludes halogenated alkanes) is 1. The van der Waals surface area contributed by atoms with E-state index in [9.17, 15) is 9.59 Å². The van der Waals surface area contributed by atoms with Crippen molar-refractivity contribution in [3.63, 3.8) is 0 Å². The first-order valence-electron chi connectivity index (χ1n) is 10.6. The Bertz CT molecular complexity index is 1080. The third-order valence-corrected chi connectivity index (χ3v) is 5.39. The van der Waals surface area contributed by atoms with Crippen molar-refractivity contribution in [2.24, 2.45) is 20.0 Å². The Morgan fingerprint density at radius 3 is 1.47 bits per heavy atom. The number of cyclic esters (lactones) is 2. The Labute approximate surface area is 206 Å². The molecule has 0 saturated carbocycles. The van der Waals surface area contributed by atoms with E-state index in [4.69, 9.17) is 32.7 Å². The summed E-state index contributed by atoms with van der Waals surface area (Å²) in [6, 6.07) is 12.3. The smallest absolute Gasteiger partial charge is 0.343 e. The van der Waals surface area contributed by atoms with Gasteiger partial charge in [0.2, 0.25) is 11.8 Å². The lowest BCUT2D eigenvalue weighted by atomic mass is 10.2. The number of aliphatic imine (C=N–C) groups is 4. The first-order valence-corrected chi connectivity index (χ1v) is 11.4. The molecule has 0 bridgehead atoms. The summed E-state index contributed by atoms with van der Waals surface area (Å²) in [4.78, 5) is 41.0. The molecule has 0 fully saturated rings. The average Bonchev–Trinajstić information content (AvgIpc) is 3.38. The molecule has 174 valence electrons. The predicted octanol–water partition coefficient (Wildman–Crippen LogP) is 3.96. The maximum Gasteiger partial charge on any atom is 0.343 e. The second kappa shape index (κ2) is 11.2. The van der Waals surface area contributed by atoms with Crippen LogP contribution in [0.2, 0.25) is 10.0 Å². The number of nitrogens with zero attached hydrogens (tertiary/aromatic N) is 4. The second-order valence-corrected chi connectivity index (χ2v) is 8.30. The van der Waals surface area contributed by atoms with Gasteiger partial charge < -0.3 is 9.47 Å².